The highest BCUT2D eigenvalue weighted by Gasteiger charge is 2.25. The van der Waals surface area contributed by atoms with Gasteiger partial charge in [-0.25, -0.2) is 8.78 Å². The van der Waals surface area contributed by atoms with E-state index < -0.39 is 11.6 Å². The van der Waals surface area contributed by atoms with Crippen LogP contribution in [0.3, 0.4) is 0 Å². The molecular formula is C17H24F2N2O2. The van der Waals surface area contributed by atoms with Gasteiger partial charge in [0.15, 0.2) is 11.6 Å². The summed E-state index contributed by atoms with van der Waals surface area (Å²) in [5, 5.41) is 2.80. The number of methoxy groups -OCH3 is 1. The third-order valence-electron chi connectivity index (χ3n) is 4.33. The van der Waals surface area contributed by atoms with Crippen molar-refractivity contribution in [3.63, 3.8) is 0 Å². The second-order valence-electron chi connectivity index (χ2n) is 5.93. The van der Waals surface area contributed by atoms with Crippen molar-refractivity contribution < 1.29 is 18.3 Å². The van der Waals surface area contributed by atoms with Crippen molar-refractivity contribution in [2.24, 2.45) is 0 Å². The summed E-state index contributed by atoms with van der Waals surface area (Å²) in [4.78, 5) is 13.1. The Balaban J connectivity index is 2.09. The molecule has 1 aliphatic rings. The Hall–Kier alpha value is -1.69. The number of nitrogens with one attached hydrogen (secondary N) is 1. The topological polar surface area (TPSA) is 41.6 Å². The van der Waals surface area contributed by atoms with Gasteiger partial charge in [-0.1, -0.05) is 6.42 Å². The first-order valence-corrected chi connectivity index (χ1v) is 8.02. The van der Waals surface area contributed by atoms with E-state index in [0.717, 1.165) is 38.3 Å². The molecule has 1 atom stereocenters. The molecule has 0 unspecified atom stereocenters. The van der Waals surface area contributed by atoms with Gasteiger partial charge in [-0.3, -0.25) is 9.69 Å². The summed E-state index contributed by atoms with van der Waals surface area (Å²) < 4.78 is 32.9. The van der Waals surface area contributed by atoms with E-state index in [9.17, 15) is 13.6 Å². The number of amides is 1. The number of hydrogen-bond acceptors (Lipinski definition) is 3. The molecule has 1 fully saturated rings. The SMILES string of the molecule is COc1ccc(F)c(F)c1CN1CCCC[C@H]1CCNC(C)=O. The first kappa shape index (κ1) is 17.7. The number of piperidine rings is 1. The van der Waals surface area contributed by atoms with Crippen molar-refractivity contribution in [3.05, 3.63) is 29.3 Å². The molecule has 0 bridgehead atoms. The largest absolute Gasteiger partial charge is 0.496 e. The van der Waals surface area contributed by atoms with E-state index in [2.05, 4.69) is 10.2 Å². The Labute approximate surface area is 135 Å². The van der Waals surface area contributed by atoms with Gasteiger partial charge < -0.3 is 10.1 Å². The molecule has 6 heteroatoms. The molecule has 1 saturated heterocycles. The van der Waals surface area contributed by atoms with Crippen molar-refractivity contribution in [1.82, 2.24) is 10.2 Å². The molecule has 128 valence electrons. The monoisotopic (exact) mass is 326 g/mol. The minimum absolute atomic E-state index is 0.0507. The van der Waals surface area contributed by atoms with Crippen molar-refractivity contribution in [2.45, 2.75) is 45.2 Å². The number of benzene rings is 1. The first-order chi connectivity index (χ1) is 11.0. The molecule has 1 aromatic rings. The lowest BCUT2D eigenvalue weighted by Gasteiger charge is -2.36. The van der Waals surface area contributed by atoms with Crippen LogP contribution in [0.2, 0.25) is 0 Å². The van der Waals surface area contributed by atoms with Gasteiger partial charge in [0.05, 0.1) is 7.11 Å². The van der Waals surface area contributed by atoms with E-state index in [-0.39, 0.29) is 17.5 Å². The number of halogens is 2. The number of hydrogen-bond donors (Lipinski definition) is 1. The molecule has 0 radical (unpaired) electrons. The van der Waals surface area contributed by atoms with Crippen molar-refractivity contribution in [1.29, 1.82) is 0 Å². The molecule has 1 amide bonds. The quantitative estimate of drug-likeness (QED) is 0.874. The fourth-order valence-electron chi connectivity index (χ4n) is 3.13. The Bertz CT molecular complexity index is 552. The van der Waals surface area contributed by atoms with Gasteiger partial charge in [0.1, 0.15) is 5.75 Å². The van der Waals surface area contributed by atoms with Crippen molar-refractivity contribution in [3.8, 4) is 5.75 Å². The summed E-state index contributed by atoms with van der Waals surface area (Å²) in [6, 6.07) is 2.80. The lowest BCUT2D eigenvalue weighted by Crippen LogP contribution is -2.41. The van der Waals surface area contributed by atoms with E-state index in [1.165, 1.54) is 20.1 Å². The number of nitrogens with zero attached hydrogens (tertiary/aromatic N) is 1. The lowest BCUT2D eigenvalue weighted by atomic mass is 9.98. The van der Waals surface area contributed by atoms with Crippen LogP contribution in [0.5, 0.6) is 5.75 Å². The summed E-state index contributed by atoms with van der Waals surface area (Å²) >= 11 is 0. The van der Waals surface area contributed by atoms with E-state index in [1.54, 1.807) is 0 Å². The molecular weight excluding hydrogens is 302 g/mol. The number of ether oxygens (including phenoxy) is 1. The highest BCUT2D eigenvalue weighted by molar-refractivity contribution is 5.72. The van der Waals surface area contributed by atoms with Crippen LogP contribution in [0.25, 0.3) is 0 Å². The Morgan fingerprint density at radius 3 is 2.87 bits per heavy atom. The van der Waals surface area contributed by atoms with Crippen LogP contribution >= 0.6 is 0 Å². The summed E-state index contributed by atoms with van der Waals surface area (Å²) in [5.74, 6) is -1.37. The van der Waals surface area contributed by atoms with Crippen LogP contribution in [0.15, 0.2) is 12.1 Å². The molecule has 0 saturated carbocycles. The first-order valence-electron chi connectivity index (χ1n) is 8.02. The van der Waals surface area contributed by atoms with Gasteiger partial charge in [-0.15, -0.1) is 0 Å². The second kappa shape index (κ2) is 8.24. The third kappa shape index (κ3) is 4.64. The normalized spacial score (nSPS) is 18.7. The number of carbonyl (C=O) groups is 1. The van der Waals surface area contributed by atoms with Crippen molar-refractivity contribution in [2.75, 3.05) is 20.2 Å². The second-order valence-corrected chi connectivity index (χ2v) is 5.93. The molecule has 0 aliphatic carbocycles. The van der Waals surface area contributed by atoms with Crippen LogP contribution in [0, 0.1) is 11.6 Å². The van der Waals surface area contributed by atoms with Crippen LogP contribution in [-0.2, 0) is 11.3 Å². The maximum atomic E-state index is 14.2. The van der Waals surface area contributed by atoms with E-state index >= 15 is 0 Å². The Morgan fingerprint density at radius 1 is 1.39 bits per heavy atom. The average Bonchev–Trinajstić information content (AvgIpc) is 2.53. The van der Waals surface area contributed by atoms with Gasteiger partial charge in [-0.05, 0) is 37.9 Å². The molecule has 0 aromatic heterocycles. The standard InChI is InChI=1S/C17H24F2N2O2/c1-12(22)20-9-8-13-5-3-4-10-21(13)11-14-16(23-2)7-6-15(18)17(14)19/h6-7,13H,3-5,8-11H2,1-2H3,(H,20,22)/t13-/m0/s1. The highest BCUT2D eigenvalue weighted by Crippen LogP contribution is 2.28. The third-order valence-corrected chi connectivity index (χ3v) is 4.33. The summed E-state index contributed by atoms with van der Waals surface area (Å²) in [5.41, 5.74) is 0.263. The van der Waals surface area contributed by atoms with Crippen LogP contribution in [0.4, 0.5) is 8.78 Å². The molecule has 1 aliphatic heterocycles. The lowest BCUT2D eigenvalue weighted by molar-refractivity contribution is -0.119. The van der Waals surface area contributed by atoms with Gasteiger partial charge >= 0.3 is 0 Å². The zero-order valence-corrected chi connectivity index (χ0v) is 13.7. The number of likely N-dealkylation sites (tertiary alicyclic amines) is 1. The summed E-state index contributed by atoms with van der Waals surface area (Å²) in [6.07, 6.45) is 3.96. The van der Waals surface area contributed by atoms with Crippen LogP contribution in [0.1, 0.15) is 38.2 Å². The van der Waals surface area contributed by atoms with E-state index in [1.807, 2.05) is 0 Å². The number of carbonyl (C=O) groups excluding carboxylic acids is 1. The molecule has 23 heavy (non-hydrogen) atoms. The molecule has 1 aromatic carbocycles. The fraction of sp³-hybridized carbons (Fsp3) is 0.588. The molecule has 4 nitrogen and oxygen atoms in total. The smallest absolute Gasteiger partial charge is 0.216 e. The Morgan fingerprint density at radius 2 is 2.17 bits per heavy atom. The maximum Gasteiger partial charge on any atom is 0.216 e. The maximum absolute atomic E-state index is 14.2. The zero-order chi connectivity index (χ0) is 16.8. The molecule has 2 rings (SSSR count). The molecule has 0 spiro atoms. The highest BCUT2D eigenvalue weighted by atomic mass is 19.2. The van der Waals surface area contributed by atoms with Gasteiger partial charge in [0.25, 0.3) is 0 Å². The predicted molar refractivity (Wildman–Crippen MR) is 84.3 cm³/mol. The van der Waals surface area contributed by atoms with Crippen LogP contribution < -0.4 is 10.1 Å². The Kier molecular flexibility index (Phi) is 6.33. The van der Waals surface area contributed by atoms with Crippen molar-refractivity contribution >= 4 is 5.91 Å². The van der Waals surface area contributed by atoms with Gasteiger partial charge in [0, 0.05) is 31.6 Å². The van der Waals surface area contributed by atoms with Crippen LogP contribution in [-0.4, -0.2) is 37.0 Å². The zero-order valence-electron chi connectivity index (χ0n) is 13.7. The molecule has 1 N–H and O–H groups in total. The van der Waals surface area contributed by atoms with E-state index in [0.29, 0.717) is 18.8 Å². The summed E-state index contributed by atoms with van der Waals surface area (Å²) in [6.45, 7) is 3.24. The number of rotatable bonds is 6. The minimum atomic E-state index is -0.854. The molecule has 1 heterocycles. The predicted octanol–water partition coefficient (Wildman–Crippen LogP) is 2.85. The minimum Gasteiger partial charge on any atom is -0.496 e. The van der Waals surface area contributed by atoms with E-state index in [4.69, 9.17) is 4.74 Å². The average molecular weight is 326 g/mol. The van der Waals surface area contributed by atoms with Gasteiger partial charge in [-0.2, -0.15) is 0 Å². The fourth-order valence-corrected chi connectivity index (χ4v) is 3.13. The summed E-state index contributed by atoms with van der Waals surface area (Å²) in [7, 11) is 1.46. The van der Waals surface area contributed by atoms with Gasteiger partial charge in [0.2, 0.25) is 5.91 Å².